The predicted octanol–water partition coefficient (Wildman–Crippen LogP) is 3.54. The summed E-state index contributed by atoms with van der Waals surface area (Å²) in [6.45, 7) is -0.422. The molecule has 0 unspecified atom stereocenters. The van der Waals surface area contributed by atoms with Crippen molar-refractivity contribution in [3.63, 3.8) is 0 Å². The van der Waals surface area contributed by atoms with Crippen molar-refractivity contribution >= 4 is 56.8 Å². The van der Waals surface area contributed by atoms with Crippen LogP contribution >= 0.6 is 22.9 Å². The molecule has 3 rings (SSSR count). The van der Waals surface area contributed by atoms with Gasteiger partial charge in [0.05, 0.1) is 15.9 Å². The first-order valence-corrected chi connectivity index (χ1v) is 8.42. The number of halogens is 1. The second kappa shape index (κ2) is 7.87. The Bertz CT molecular complexity index is 922. The zero-order valence-corrected chi connectivity index (χ0v) is 14.4. The molecule has 25 heavy (non-hydrogen) atoms. The number of nitrogens with one attached hydrogen (secondary N) is 1. The van der Waals surface area contributed by atoms with E-state index in [4.69, 9.17) is 16.3 Å². The molecule has 6 nitrogen and oxygen atoms in total. The Morgan fingerprint density at radius 2 is 2.08 bits per heavy atom. The number of hydrogen-bond acceptors (Lipinski definition) is 6. The molecule has 0 atom stereocenters. The van der Waals surface area contributed by atoms with Crippen LogP contribution in [0, 0.1) is 0 Å². The number of nitrogens with zero attached hydrogens (tertiary/aromatic N) is 2. The lowest BCUT2D eigenvalue weighted by Crippen LogP contribution is -2.20. The minimum Gasteiger partial charge on any atom is -0.452 e. The summed E-state index contributed by atoms with van der Waals surface area (Å²) in [5.41, 5.74) is 1.23. The van der Waals surface area contributed by atoms with Gasteiger partial charge in [-0.25, -0.2) is 14.8 Å². The Hall–Kier alpha value is -2.77. The minimum absolute atomic E-state index is 0.165. The first-order valence-electron chi connectivity index (χ1n) is 7.22. The molecule has 2 aromatic heterocycles. The highest BCUT2D eigenvalue weighted by Gasteiger charge is 2.08. The quantitative estimate of drug-likeness (QED) is 0.420. The highest BCUT2D eigenvalue weighted by atomic mass is 35.5. The van der Waals surface area contributed by atoms with Crippen LogP contribution < -0.4 is 5.32 Å². The summed E-state index contributed by atoms with van der Waals surface area (Å²) in [5, 5.41) is 3.36. The zero-order valence-electron chi connectivity index (χ0n) is 12.8. The Balaban J connectivity index is 1.52. The summed E-state index contributed by atoms with van der Waals surface area (Å²) in [4.78, 5) is 31.7. The van der Waals surface area contributed by atoms with Crippen LogP contribution in [0.5, 0.6) is 0 Å². The molecule has 1 amide bonds. The maximum atomic E-state index is 11.8. The van der Waals surface area contributed by atoms with E-state index >= 15 is 0 Å². The first-order chi connectivity index (χ1) is 12.1. The van der Waals surface area contributed by atoms with Crippen molar-refractivity contribution in [1.29, 1.82) is 0 Å². The molecule has 0 spiro atoms. The Morgan fingerprint density at radius 3 is 2.88 bits per heavy atom. The van der Waals surface area contributed by atoms with E-state index in [1.165, 1.54) is 23.6 Å². The van der Waals surface area contributed by atoms with Gasteiger partial charge in [-0.15, -0.1) is 11.3 Å². The third-order valence-electron chi connectivity index (χ3n) is 3.05. The van der Waals surface area contributed by atoms with E-state index in [1.54, 1.807) is 18.2 Å². The number of esters is 1. The largest absolute Gasteiger partial charge is 0.452 e. The van der Waals surface area contributed by atoms with Gasteiger partial charge in [0.1, 0.15) is 5.01 Å². The Labute approximate surface area is 152 Å². The molecule has 0 saturated carbocycles. The van der Waals surface area contributed by atoms with Gasteiger partial charge in [0, 0.05) is 12.3 Å². The first kappa shape index (κ1) is 17.1. The monoisotopic (exact) mass is 373 g/mol. The van der Waals surface area contributed by atoms with Crippen molar-refractivity contribution in [2.75, 3.05) is 11.9 Å². The van der Waals surface area contributed by atoms with Crippen LogP contribution in [0.2, 0.25) is 5.15 Å². The van der Waals surface area contributed by atoms with Crippen molar-refractivity contribution in [3.05, 3.63) is 58.8 Å². The molecule has 1 aromatic carbocycles. The van der Waals surface area contributed by atoms with Crippen molar-refractivity contribution in [2.45, 2.75) is 0 Å². The molecule has 1 N–H and O–H groups in total. The summed E-state index contributed by atoms with van der Waals surface area (Å²) in [7, 11) is 0. The van der Waals surface area contributed by atoms with Crippen LogP contribution in [0.4, 0.5) is 5.69 Å². The molecular formula is C17H12ClN3O3S. The average Bonchev–Trinajstić information content (AvgIpc) is 3.03. The number of carbonyl (C=O) groups is 2. The van der Waals surface area contributed by atoms with Crippen LogP contribution in [-0.4, -0.2) is 28.5 Å². The number of aromatic nitrogens is 2. The lowest BCUT2D eigenvalue weighted by atomic mass is 10.3. The number of hydrogen-bond donors (Lipinski definition) is 1. The zero-order chi connectivity index (χ0) is 17.6. The number of fused-ring (bicyclic) bond motifs is 1. The fourth-order valence-electron chi connectivity index (χ4n) is 1.95. The molecular weight excluding hydrogens is 362 g/mol. The van der Waals surface area contributed by atoms with Gasteiger partial charge in [0.15, 0.2) is 11.8 Å². The van der Waals surface area contributed by atoms with Gasteiger partial charge in [-0.1, -0.05) is 23.7 Å². The van der Waals surface area contributed by atoms with Crippen LogP contribution in [0.25, 0.3) is 16.3 Å². The highest BCUT2D eigenvalue weighted by molar-refractivity contribution is 7.19. The number of carbonyl (C=O) groups excluding carboxylic acids is 2. The summed E-state index contributed by atoms with van der Waals surface area (Å²) >= 11 is 7.29. The topological polar surface area (TPSA) is 81.2 Å². The van der Waals surface area contributed by atoms with Gasteiger partial charge in [-0.2, -0.15) is 0 Å². The number of pyridine rings is 1. The maximum absolute atomic E-state index is 11.8. The lowest BCUT2D eigenvalue weighted by Gasteiger charge is -2.06. The van der Waals surface area contributed by atoms with E-state index in [9.17, 15) is 9.59 Å². The summed E-state index contributed by atoms with van der Waals surface area (Å²) in [5.74, 6) is -1.14. The smallest absolute Gasteiger partial charge is 0.331 e. The van der Waals surface area contributed by atoms with E-state index in [1.807, 2.05) is 24.3 Å². The second-order valence-electron chi connectivity index (χ2n) is 4.85. The van der Waals surface area contributed by atoms with Gasteiger partial charge in [-0.05, 0) is 30.3 Å². The van der Waals surface area contributed by atoms with Crippen molar-refractivity contribution in [3.8, 4) is 0 Å². The lowest BCUT2D eigenvalue weighted by molar-refractivity contribution is -0.142. The molecule has 0 radical (unpaired) electrons. The van der Waals surface area contributed by atoms with Crippen LogP contribution in [-0.2, 0) is 14.3 Å². The van der Waals surface area contributed by atoms with E-state index in [0.29, 0.717) is 10.7 Å². The Kier molecular flexibility index (Phi) is 5.37. The predicted molar refractivity (Wildman–Crippen MR) is 97.5 cm³/mol. The van der Waals surface area contributed by atoms with E-state index in [-0.39, 0.29) is 5.15 Å². The highest BCUT2D eigenvalue weighted by Crippen LogP contribution is 2.22. The number of rotatable bonds is 5. The fourth-order valence-corrected chi connectivity index (χ4v) is 2.99. The fraction of sp³-hybridized carbons (Fsp3) is 0.0588. The van der Waals surface area contributed by atoms with Crippen LogP contribution in [0.1, 0.15) is 5.01 Å². The van der Waals surface area contributed by atoms with Gasteiger partial charge >= 0.3 is 5.97 Å². The third kappa shape index (κ3) is 4.62. The van der Waals surface area contributed by atoms with Gasteiger partial charge in [0.25, 0.3) is 5.91 Å². The van der Waals surface area contributed by atoms with Gasteiger partial charge in [0.2, 0.25) is 0 Å². The van der Waals surface area contributed by atoms with E-state index in [0.717, 1.165) is 10.2 Å². The number of thiazole rings is 1. The molecule has 0 aliphatic carbocycles. The standard InChI is InChI=1S/C17H12ClN3O3S/c18-17-12(5-3-9-19-17)20-14(22)10-24-16(23)8-7-15-21-11-4-1-2-6-13(11)25-15/h1-9H,10H2,(H,20,22)/b8-7+. The van der Waals surface area contributed by atoms with Gasteiger partial charge in [-0.3, -0.25) is 4.79 Å². The molecule has 0 fully saturated rings. The Morgan fingerprint density at radius 1 is 1.24 bits per heavy atom. The summed E-state index contributed by atoms with van der Waals surface area (Å²) in [6.07, 6.45) is 4.30. The number of para-hydroxylation sites is 1. The summed E-state index contributed by atoms with van der Waals surface area (Å²) in [6, 6.07) is 10.9. The van der Waals surface area contributed by atoms with Crippen LogP contribution in [0.3, 0.4) is 0 Å². The van der Waals surface area contributed by atoms with Crippen LogP contribution in [0.15, 0.2) is 48.7 Å². The molecule has 0 bridgehead atoms. The maximum Gasteiger partial charge on any atom is 0.331 e. The van der Waals surface area contributed by atoms with Crippen molar-refractivity contribution in [2.24, 2.45) is 0 Å². The third-order valence-corrected chi connectivity index (χ3v) is 4.35. The molecule has 2 heterocycles. The SMILES string of the molecule is O=C(COC(=O)/C=C/c1nc2ccccc2s1)Nc1cccnc1Cl. The molecule has 126 valence electrons. The normalized spacial score (nSPS) is 10.9. The van der Waals surface area contributed by atoms with E-state index < -0.39 is 18.5 Å². The molecule has 0 saturated heterocycles. The molecule has 0 aliphatic heterocycles. The number of anilines is 1. The number of amides is 1. The average molecular weight is 374 g/mol. The minimum atomic E-state index is -0.633. The number of ether oxygens (including phenoxy) is 1. The van der Waals surface area contributed by atoms with Crippen molar-refractivity contribution in [1.82, 2.24) is 9.97 Å². The number of benzene rings is 1. The second-order valence-corrected chi connectivity index (χ2v) is 6.27. The summed E-state index contributed by atoms with van der Waals surface area (Å²) < 4.78 is 5.92. The molecule has 3 aromatic rings. The van der Waals surface area contributed by atoms with E-state index in [2.05, 4.69) is 15.3 Å². The van der Waals surface area contributed by atoms with Crippen molar-refractivity contribution < 1.29 is 14.3 Å². The van der Waals surface area contributed by atoms with Gasteiger partial charge < -0.3 is 10.1 Å². The molecule has 8 heteroatoms. The molecule has 0 aliphatic rings.